The Labute approximate surface area is 465 Å². The Bertz CT molecular complexity index is 3040. The molecule has 5 aromatic heterocycles. The zero-order valence-electron chi connectivity index (χ0n) is 44.8. The second-order valence-corrected chi connectivity index (χ2v) is 20.1. The van der Waals surface area contributed by atoms with E-state index in [-0.39, 0.29) is 30.7 Å². The van der Waals surface area contributed by atoms with Crippen molar-refractivity contribution in [3.8, 4) is 22.5 Å². The van der Waals surface area contributed by atoms with E-state index in [1.165, 1.54) is 93.3 Å². The number of esters is 4. The first-order valence-corrected chi connectivity index (χ1v) is 28.5. The molecule has 0 spiro atoms. The van der Waals surface area contributed by atoms with Gasteiger partial charge in [0.2, 0.25) is 0 Å². The third kappa shape index (κ3) is 16.7. The summed E-state index contributed by atoms with van der Waals surface area (Å²) in [5.74, 6) is -2.42. The van der Waals surface area contributed by atoms with Gasteiger partial charge in [-0.2, -0.15) is 14.9 Å². The van der Waals surface area contributed by atoms with Crippen molar-refractivity contribution in [1.82, 2.24) is 34.9 Å². The van der Waals surface area contributed by atoms with E-state index in [0.29, 0.717) is 23.7 Å². The van der Waals surface area contributed by atoms with E-state index in [9.17, 15) is 28.8 Å². The van der Waals surface area contributed by atoms with Crippen LogP contribution in [0.2, 0.25) is 0 Å². The van der Waals surface area contributed by atoms with Gasteiger partial charge in [0.15, 0.2) is 11.7 Å². The van der Waals surface area contributed by atoms with Crippen molar-refractivity contribution in [2.24, 2.45) is 0 Å². The minimum absolute atomic E-state index is 0.0647. The van der Waals surface area contributed by atoms with Crippen LogP contribution < -0.4 is 15.5 Å². The summed E-state index contributed by atoms with van der Waals surface area (Å²) in [6, 6.07) is 20.5. The molecular formula is C56H66N10O9S3. The van der Waals surface area contributed by atoms with Crippen molar-refractivity contribution in [2.75, 3.05) is 54.9 Å². The van der Waals surface area contributed by atoms with Gasteiger partial charge < -0.3 is 29.7 Å². The third-order valence-electron chi connectivity index (χ3n) is 12.2. The highest BCUT2D eigenvalue weighted by Crippen LogP contribution is 2.40. The van der Waals surface area contributed by atoms with Gasteiger partial charge in [0, 0.05) is 73.7 Å². The highest BCUT2D eigenvalue weighted by atomic mass is 32.1. The van der Waals surface area contributed by atoms with E-state index in [1.807, 2.05) is 54.1 Å². The molecule has 1 unspecified atom stereocenters. The number of thiazole rings is 3. The number of H-pyrrole nitrogens is 1. The van der Waals surface area contributed by atoms with Gasteiger partial charge in [-0.1, -0.05) is 66.2 Å². The van der Waals surface area contributed by atoms with Gasteiger partial charge >= 0.3 is 23.9 Å². The Morgan fingerprint density at radius 3 is 1.78 bits per heavy atom. The number of carbonyl (C=O) groups is 6. The first-order chi connectivity index (χ1) is 37.7. The molecule has 19 nitrogen and oxygen atoms in total. The lowest BCUT2D eigenvalue weighted by atomic mass is 9.96. The number of carbonyl (C=O) groups excluding carboxylic acids is 6. The average Bonchev–Trinajstić information content (AvgIpc) is 4.45. The fraction of sp³-hybridized carbons (Fsp3) is 0.375. The molecule has 78 heavy (non-hydrogen) atoms. The predicted octanol–water partition coefficient (Wildman–Crippen LogP) is 10.0. The molecule has 412 valence electrons. The average molecular weight is 1120 g/mol. The van der Waals surface area contributed by atoms with Gasteiger partial charge in [0.1, 0.15) is 17.2 Å². The topological polar surface area (TPSA) is 248 Å². The normalized spacial score (nSPS) is 14.1. The molecule has 2 fully saturated rings. The van der Waals surface area contributed by atoms with E-state index in [4.69, 9.17) is 20.3 Å². The van der Waals surface area contributed by atoms with Crippen LogP contribution in [0.3, 0.4) is 0 Å². The van der Waals surface area contributed by atoms with Crippen LogP contribution >= 0.6 is 34.0 Å². The zero-order valence-corrected chi connectivity index (χ0v) is 47.2. The molecule has 22 heteroatoms. The second-order valence-electron chi connectivity index (χ2n) is 18.0. The minimum atomic E-state index is -0.860. The second kappa shape index (κ2) is 30.3. The Morgan fingerprint density at radius 2 is 1.27 bits per heavy atom. The first-order valence-electron chi connectivity index (χ1n) is 25.7. The molecule has 0 aliphatic carbocycles. The van der Waals surface area contributed by atoms with E-state index < -0.39 is 23.8 Å². The number of ketones is 1. The van der Waals surface area contributed by atoms with Gasteiger partial charge in [-0.3, -0.25) is 33.9 Å². The fourth-order valence-corrected chi connectivity index (χ4v) is 10.6. The quantitative estimate of drug-likeness (QED) is 0.0656. The number of nitrogen functional groups attached to an aromatic ring is 1. The molecule has 8 heterocycles. The highest BCUT2D eigenvalue weighted by molar-refractivity contribution is 7.08. The third-order valence-corrected chi connectivity index (χ3v) is 14.0. The number of benzene rings is 2. The minimum Gasteiger partial charge on any atom is -0.466 e. The lowest BCUT2D eigenvalue weighted by molar-refractivity contribution is -0.156. The summed E-state index contributed by atoms with van der Waals surface area (Å²) in [4.78, 5) is 83.6. The number of nitrogens with two attached hydrogens (primary N) is 1. The molecule has 1 atom stereocenters. The van der Waals surface area contributed by atoms with Crippen LogP contribution in [-0.4, -0.2) is 110 Å². The summed E-state index contributed by atoms with van der Waals surface area (Å²) >= 11 is 4.34. The van der Waals surface area contributed by atoms with Crippen LogP contribution in [0.5, 0.6) is 0 Å². The Balaban J connectivity index is 0.000000171. The first kappa shape index (κ1) is 59.6. The summed E-state index contributed by atoms with van der Waals surface area (Å²) in [6.07, 6.45) is 8.44. The molecule has 2 saturated heterocycles. The van der Waals surface area contributed by atoms with Crippen molar-refractivity contribution in [3.05, 3.63) is 122 Å². The number of nitrogens with one attached hydrogen (secondary N) is 1. The largest absolute Gasteiger partial charge is 0.466 e. The lowest BCUT2D eigenvalue weighted by Gasteiger charge is -2.30. The summed E-state index contributed by atoms with van der Waals surface area (Å²) in [5, 5.41) is 17.6. The van der Waals surface area contributed by atoms with E-state index in [0.717, 1.165) is 89.1 Å². The molecule has 0 saturated carbocycles. The number of piperidine rings is 2. The number of rotatable bonds is 12. The summed E-state index contributed by atoms with van der Waals surface area (Å²) in [6.45, 7) is 14.2. The number of aromatic amines is 1. The van der Waals surface area contributed by atoms with Gasteiger partial charge in [-0.25, -0.2) is 15.0 Å². The van der Waals surface area contributed by atoms with Crippen molar-refractivity contribution in [2.45, 2.75) is 98.8 Å². The Hall–Kier alpha value is -7.69. The summed E-state index contributed by atoms with van der Waals surface area (Å²) in [7, 11) is 0. The van der Waals surface area contributed by atoms with Gasteiger partial charge in [-0.05, 0) is 66.2 Å². The van der Waals surface area contributed by atoms with Crippen molar-refractivity contribution < 1.29 is 43.0 Å². The maximum absolute atomic E-state index is 13.4. The number of ether oxygens (including phenoxy) is 3. The number of anilines is 3. The molecule has 2 aromatic carbocycles. The van der Waals surface area contributed by atoms with Crippen LogP contribution in [-0.2, 0) is 51.0 Å². The molecule has 10 rings (SSSR count). The monoisotopic (exact) mass is 1120 g/mol. The number of aromatic nitrogens is 7. The van der Waals surface area contributed by atoms with Crippen LogP contribution in [0.25, 0.3) is 28.1 Å². The molecule has 7 aromatic rings. The summed E-state index contributed by atoms with van der Waals surface area (Å²) < 4.78 is 15.1. The lowest BCUT2D eigenvalue weighted by Crippen LogP contribution is -2.31. The number of allylic oxidation sites excluding steroid dienone is 2. The molecule has 0 bridgehead atoms. The number of fused-ring (bicyclic) bond motifs is 1. The Morgan fingerprint density at radius 1 is 0.705 bits per heavy atom. The van der Waals surface area contributed by atoms with Gasteiger partial charge in [0.05, 0.1) is 75.9 Å². The standard InChI is InChI=1S/C22H22N4OS.C14H18N4.C9H11NO3S.C7H9NO2S.C4H6O3/c1-15-12-18-21(25-10-6-3-7-11-25)20(16-8-4-2-5-9-16)24-26(18)22(27)19(15)17-13-28-14-23-17;15-14-13(18-9-5-2-6-10-18)12(16-17-14)11-7-3-1-4-8-11;1-3-13-9(12)8(6(2)11)7-4-14-5-10-7;1-2-10-7(9)3-6-4-11-5-8-6;1-3(5)7-4(2)6/h2,4-5,8-9,13-14H,3,6-7,10-12H2,1H3;1,3-4,7-8H,2,5-6,9-10H2,(H3,15,16,17);4-5,8H,3H2,1-2H3;4-5H,2-3H2,1H3;1-2H3. The van der Waals surface area contributed by atoms with Crippen molar-refractivity contribution in [3.63, 3.8) is 0 Å². The highest BCUT2D eigenvalue weighted by Gasteiger charge is 2.34. The van der Waals surface area contributed by atoms with Crippen molar-refractivity contribution in [1.29, 1.82) is 0 Å². The summed E-state index contributed by atoms with van der Waals surface area (Å²) in [5.41, 5.74) is 22.2. The van der Waals surface area contributed by atoms with Crippen LogP contribution in [0, 0.1) is 0 Å². The fourth-order valence-electron chi connectivity index (χ4n) is 8.87. The van der Waals surface area contributed by atoms with Crippen LogP contribution in [0.1, 0.15) is 114 Å². The smallest absolute Gasteiger partial charge is 0.322 e. The van der Waals surface area contributed by atoms with E-state index in [2.05, 4.69) is 64.0 Å². The molecule has 0 radical (unpaired) electrons. The molecule has 3 aliphatic heterocycles. The maximum atomic E-state index is 13.4. The number of Topliss-reactive ketones (excluding diaryl/α,β-unsaturated/α-hetero) is 1. The van der Waals surface area contributed by atoms with Crippen molar-refractivity contribution >= 4 is 92.3 Å². The van der Waals surface area contributed by atoms with E-state index >= 15 is 0 Å². The van der Waals surface area contributed by atoms with Crippen LogP contribution in [0.4, 0.5) is 17.2 Å². The number of nitrogens with zero attached hydrogens (tertiary/aromatic N) is 8. The van der Waals surface area contributed by atoms with Gasteiger partial charge in [-0.15, -0.1) is 34.0 Å². The molecule has 0 amide bonds. The molecular weight excluding hydrogens is 1050 g/mol. The zero-order chi connectivity index (χ0) is 56.0. The van der Waals surface area contributed by atoms with Crippen LogP contribution in [0.15, 0.2) is 98.9 Å². The van der Waals surface area contributed by atoms with Gasteiger partial charge in [0.25, 0.3) is 5.91 Å². The maximum Gasteiger partial charge on any atom is 0.322 e. The number of hydrogen-bond acceptors (Lipinski definition) is 20. The predicted molar refractivity (Wildman–Crippen MR) is 304 cm³/mol. The Kier molecular flexibility index (Phi) is 23.1. The molecule has 3 N–H and O–H groups in total. The van der Waals surface area contributed by atoms with E-state index in [1.54, 1.807) is 40.4 Å². The molecule has 3 aliphatic rings. The number of hydrogen-bond donors (Lipinski definition) is 2. The SMILES string of the molecule is CC(=O)OC(C)=O.CC1=C(c2cscn2)C(=O)n2nc(-c3ccccc3)c(N3CCCCC3)c2C1.CCOC(=O)C(C(C)=O)c1cscn1.CCOC(=O)Cc1cscn1.Nc1n[nH]c(-c2ccccc2)c1N1CCCCC1.